The van der Waals surface area contributed by atoms with Crippen molar-refractivity contribution in [2.75, 3.05) is 7.05 Å². The maximum absolute atomic E-state index is 5.57. The lowest BCUT2D eigenvalue weighted by Gasteiger charge is -2.14. The molecule has 0 spiro atoms. The van der Waals surface area contributed by atoms with Crippen molar-refractivity contribution >= 4 is 15.9 Å². The molecule has 3 nitrogen and oxygen atoms in total. The van der Waals surface area contributed by atoms with E-state index in [1.807, 2.05) is 31.4 Å². The van der Waals surface area contributed by atoms with Gasteiger partial charge in [-0.3, -0.25) is 4.98 Å². The highest BCUT2D eigenvalue weighted by molar-refractivity contribution is 9.10. The monoisotopic (exact) mass is 294 g/mol. The quantitative estimate of drug-likeness (QED) is 0.941. The van der Waals surface area contributed by atoms with Gasteiger partial charge in [0.15, 0.2) is 4.67 Å². The number of hydrogen-bond acceptors (Lipinski definition) is 3. The molecule has 2 rings (SSSR count). The van der Waals surface area contributed by atoms with E-state index >= 15 is 0 Å². The van der Waals surface area contributed by atoms with E-state index in [9.17, 15) is 0 Å². The van der Waals surface area contributed by atoms with Crippen molar-refractivity contribution in [3.63, 3.8) is 0 Å². The molecule has 0 aliphatic heterocycles. The Labute approximate surface area is 109 Å². The lowest BCUT2D eigenvalue weighted by atomic mass is 10.1. The Balaban J connectivity index is 2.18. The Morgan fingerprint density at radius 2 is 2.24 bits per heavy atom. The first-order chi connectivity index (χ1) is 8.20. The van der Waals surface area contributed by atoms with E-state index in [1.165, 1.54) is 5.56 Å². The summed E-state index contributed by atoms with van der Waals surface area (Å²) in [7, 11) is 1.93. The molecule has 0 aliphatic carbocycles. The number of furan rings is 1. The molecule has 17 heavy (non-hydrogen) atoms. The second-order valence-corrected chi connectivity index (χ2v) is 4.74. The minimum absolute atomic E-state index is 0.148. The van der Waals surface area contributed by atoms with Crippen LogP contribution in [-0.4, -0.2) is 12.0 Å². The third-order valence-electron chi connectivity index (χ3n) is 2.80. The van der Waals surface area contributed by atoms with Gasteiger partial charge in [-0.2, -0.15) is 0 Å². The van der Waals surface area contributed by atoms with Crippen LogP contribution in [0.25, 0.3) is 0 Å². The van der Waals surface area contributed by atoms with Crippen molar-refractivity contribution < 1.29 is 4.42 Å². The molecule has 0 bridgehead atoms. The molecule has 0 aromatic carbocycles. The molecule has 0 fully saturated rings. The Bertz CT molecular complexity index is 496. The van der Waals surface area contributed by atoms with Crippen LogP contribution in [0.1, 0.15) is 23.1 Å². The zero-order valence-corrected chi connectivity index (χ0v) is 11.5. The van der Waals surface area contributed by atoms with Gasteiger partial charge in [-0.15, -0.1) is 0 Å². The SMILES string of the molecule is CNC(Cc1ncccc1C)c1ccc(Br)o1. The standard InChI is InChI=1S/C13H15BrN2O/c1-9-4-3-7-16-10(9)8-11(15-2)12-5-6-13(14)17-12/h3-7,11,15H,8H2,1-2H3. The maximum Gasteiger partial charge on any atom is 0.169 e. The predicted octanol–water partition coefficient (Wildman–Crippen LogP) is 3.25. The van der Waals surface area contributed by atoms with E-state index in [2.05, 4.69) is 39.2 Å². The molecule has 1 N–H and O–H groups in total. The summed E-state index contributed by atoms with van der Waals surface area (Å²) in [6, 6.07) is 8.06. The number of likely N-dealkylation sites (N-methyl/N-ethyl adjacent to an activating group) is 1. The van der Waals surface area contributed by atoms with E-state index in [4.69, 9.17) is 4.42 Å². The van der Waals surface area contributed by atoms with Crippen LogP contribution >= 0.6 is 15.9 Å². The van der Waals surface area contributed by atoms with Gasteiger partial charge in [0.2, 0.25) is 0 Å². The molecule has 0 aliphatic rings. The molecule has 1 atom stereocenters. The minimum Gasteiger partial charge on any atom is -0.453 e. The summed E-state index contributed by atoms with van der Waals surface area (Å²) in [4.78, 5) is 4.40. The van der Waals surface area contributed by atoms with E-state index < -0.39 is 0 Å². The van der Waals surface area contributed by atoms with Crippen LogP contribution in [0, 0.1) is 6.92 Å². The summed E-state index contributed by atoms with van der Waals surface area (Å²) in [6.07, 6.45) is 2.65. The highest BCUT2D eigenvalue weighted by atomic mass is 79.9. The van der Waals surface area contributed by atoms with E-state index in [1.54, 1.807) is 0 Å². The normalized spacial score (nSPS) is 12.6. The smallest absolute Gasteiger partial charge is 0.169 e. The number of rotatable bonds is 4. The number of nitrogens with one attached hydrogen (secondary N) is 1. The van der Waals surface area contributed by atoms with Crippen LogP contribution in [-0.2, 0) is 6.42 Å². The molecule has 0 radical (unpaired) electrons. The Morgan fingerprint density at radius 1 is 1.41 bits per heavy atom. The fourth-order valence-corrected chi connectivity index (χ4v) is 2.10. The van der Waals surface area contributed by atoms with E-state index in [0.717, 1.165) is 22.5 Å². The van der Waals surface area contributed by atoms with Crippen LogP contribution in [0.5, 0.6) is 0 Å². The number of aromatic nitrogens is 1. The van der Waals surface area contributed by atoms with Crippen molar-refractivity contribution in [1.29, 1.82) is 0 Å². The molecule has 90 valence electrons. The van der Waals surface area contributed by atoms with Crippen LogP contribution in [0.15, 0.2) is 39.5 Å². The number of pyridine rings is 1. The number of nitrogens with zero attached hydrogens (tertiary/aromatic N) is 1. The van der Waals surface area contributed by atoms with Crippen LogP contribution < -0.4 is 5.32 Å². The molecule has 4 heteroatoms. The van der Waals surface area contributed by atoms with Gasteiger partial charge in [-0.1, -0.05) is 6.07 Å². The molecular formula is C13H15BrN2O. The second kappa shape index (κ2) is 5.47. The molecule has 0 amide bonds. The van der Waals surface area contributed by atoms with Gasteiger partial charge in [-0.05, 0) is 53.7 Å². The van der Waals surface area contributed by atoms with Crippen molar-refractivity contribution in [2.24, 2.45) is 0 Å². The van der Waals surface area contributed by atoms with Gasteiger partial charge >= 0.3 is 0 Å². The first kappa shape index (κ1) is 12.3. The van der Waals surface area contributed by atoms with Crippen LogP contribution in [0.2, 0.25) is 0 Å². The van der Waals surface area contributed by atoms with Crippen LogP contribution in [0.3, 0.4) is 0 Å². The van der Waals surface area contributed by atoms with Crippen molar-refractivity contribution in [3.8, 4) is 0 Å². The lowest BCUT2D eigenvalue weighted by Crippen LogP contribution is -2.19. The molecular weight excluding hydrogens is 280 g/mol. The first-order valence-electron chi connectivity index (χ1n) is 5.53. The highest BCUT2D eigenvalue weighted by Gasteiger charge is 2.15. The average Bonchev–Trinajstić information content (AvgIpc) is 2.75. The van der Waals surface area contributed by atoms with Crippen LogP contribution in [0.4, 0.5) is 0 Å². The molecule has 0 saturated carbocycles. The van der Waals surface area contributed by atoms with Gasteiger partial charge in [-0.25, -0.2) is 0 Å². The topological polar surface area (TPSA) is 38.1 Å². The minimum atomic E-state index is 0.148. The predicted molar refractivity (Wildman–Crippen MR) is 70.9 cm³/mol. The highest BCUT2D eigenvalue weighted by Crippen LogP contribution is 2.23. The fourth-order valence-electron chi connectivity index (χ4n) is 1.79. The fraction of sp³-hybridized carbons (Fsp3) is 0.308. The van der Waals surface area contributed by atoms with Crippen molar-refractivity contribution in [2.45, 2.75) is 19.4 Å². The third-order valence-corrected chi connectivity index (χ3v) is 3.23. The maximum atomic E-state index is 5.57. The van der Waals surface area contributed by atoms with Gasteiger partial charge < -0.3 is 9.73 Å². The third kappa shape index (κ3) is 2.96. The van der Waals surface area contributed by atoms with E-state index in [-0.39, 0.29) is 6.04 Å². The summed E-state index contributed by atoms with van der Waals surface area (Å²) < 4.78 is 6.33. The first-order valence-corrected chi connectivity index (χ1v) is 6.33. The summed E-state index contributed by atoms with van der Waals surface area (Å²) in [6.45, 7) is 2.08. The summed E-state index contributed by atoms with van der Waals surface area (Å²) in [5.41, 5.74) is 2.30. The second-order valence-electron chi connectivity index (χ2n) is 3.95. The number of halogens is 1. The summed E-state index contributed by atoms with van der Waals surface area (Å²) >= 11 is 3.32. The van der Waals surface area contributed by atoms with Gasteiger partial charge in [0.1, 0.15) is 5.76 Å². The zero-order chi connectivity index (χ0) is 12.3. The zero-order valence-electron chi connectivity index (χ0n) is 9.90. The average molecular weight is 295 g/mol. The Kier molecular flexibility index (Phi) is 3.97. The molecule has 2 aromatic heterocycles. The van der Waals surface area contributed by atoms with Gasteiger partial charge in [0.05, 0.1) is 6.04 Å². The Morgan fingerprint density at radius 3 is 2.82 bits per heavy atom. The molecule has 2 aromatic rings. The summed E-state index contributed by atoms with van der Waals surface area (Å²) in [5, 5.41) is 3.25. The van der Waals surface area contributed by atoms with E-state index in [0.29, 0.717) is 0 Å². The van der Waals surface area contributed by atoms with Gasteiger partial charge in [0.25, 0.3) is 0 Å². The molecule has 0 saturated heterocycles. The summed E-state index contributed by atoms with van der Waals surface area (Å²) in [5.74, 6) is 0.921. The van der Waals surface area contributed by atoms with Crippen molar-refractivity contribution in [1.82, 2.24) is 10.3 Å². The largest absolute Gasteiger partial charge is 0.453 e. The van der Waals surface area contributed by atoms with Crippen molar-refractivity contribution in [3.05, 3.63) is 52.1 Å². The number of aryl methyl sites for hydroxylation is 1. The lowest BCUT2D eigenvalue weighted by molar-refractivity contribution is 0.414. The number of hydrogen-bond donors (Lipinski definition) is 1. The van der Waals surface area contributed by atoms with Gasteiger partial charge in [0, 0.05) is 18.3 Å². The Hall–Kier alpha value is -1.13. The molecule has 1 unspecified atom stereocenters. The molecule has 2 heterocycles.